The van der Waals surface area contributed by atoms with Gasteiger partial charge in [-0.25, -0.2) is 13.6 Å². The molecule has 144 valence electrons. The average molecular weight is 398 g/mol. The Kier molecular flexibility index (Phi) is 7.12. The lowest BCUT2D eigenvalue weighted by Crippen LogP contribution is -2.32. The van der Waals surface area contributed by atoms with Crippen molar-refractivity contribution in [1.82, 2.24) is 5.32 Å². The van der Waals surface area contributed by atoms with Gasteiger partial charge in [0.25, 0.3) is 5.91 Å². The molecule has 0 aliphatic carbocycles. The summed E-state index contributed by atoms with van der Waals surface area (Å²) in [7, 11) is 0. The van der Waals surface area contributed by atoms with Gasteiger partial charge in [-0.1, -0.05) is 29.3 Å². The molecule has 0 spiro atoms. The van der Waals surface area contributed by atoms with E-state index in [1.807, 2.05) is 32.0 Å². The van der Waals surface area contributed by atoms with E-state index in [1.54, 1.807) is 0 Å². The molecule has 0 unspecified atom stereocenters. The van der Waals surface area contributed by atoms with Gasteiger partial charge in [0, 0.05) is 0 Å². The fourth-order valence-electron chi connectivity index (χ4n) is 2.25. The smallest absolute Gasteiger partial charge is 0.340 e. The molecule has 0 saturated carbocycles. The van der Waals surface area contributed by atoms with Crippen molar-refractivity contribution in [1.29, 1.82) is 0 Å². The molecule has 2 aromatic rings. The Bertz CT molecular complexity index is 858. The Morgan fingerprint density at radius 3 is 2.52 bits per heavy atom. The van der Waals surface area contributed by atoms with Gasteiger partial charge in [0.1, 0.15) is 12.4 Å². The molecule has 0 fully saturated rings. The van der Waals surface area contributed by atoms with Crippen molar-refractivity contribution in [2.24, 2.45) is 0 Å². The largest absolute Gasteiger partial charge is 0.491 e. The maximum absolute atomic E-state index is 13.2. The minimum absolute atomic E-state index is 0.204. The number of benzene rings is 2. The molecule has 0 heterocycles. The number of hydrogen-bond donors (Lipinski definition) is 1. The minimum atomic E-state index is -1.24. The summed E-state index contributed by atoms with van der Waals surface area (Å²) in [5, 5.41) is 2.21. The van der Waals surface area contributed by atoms with E-state index in [4.69, 9.17) is 21.1 Å². The molecule has 8 heteroatoms. The Morgan fingerprint density at radius 2 is 1.81 bits per heavy atom. The van der Waals surface area contributed by atoms with Crippen LogP contribution in [0.15, 0.2) is 30.3 Å². The van der Waals surface area contributed by atoms with Crippen LogP contribution in [0.4, 0.5) is 8.78 Å². The standard InChI is InChI=1S/C19H18ClF2NO4/c1-11-3-4-17(12(2)7-11)26-6-5-23-18(24)10-27-19(25)13-8-15(21)16(22)9-14(13)20/h3-4,7-9H,5-6,10H2,1-2H3,(H,23,24). The molecule has 0 aliphatic rings. The zero-order valence-electron chi connectivity index (χ0n) is 14.8. The van der Waals surface area contributed by atoms with Crippen LogP contribution in [-0.4, -0.2) is 31.6 Å². The first-order chi connectivity index (χ1) is 12.8. The summed E-state index contributed by atoms with van der Waals surface area (Å²) in [5.41, 5.74) is 1.75. The Hall–Kier alpha value is -2.67. The van der Waals surface area contributed by atoms with Crippen LogP contribution in [0.3, 0.4) is 0 Å². The molecular formula is C19H18ClF2NO4. The first-order valence-corrected chi connectivity index (χ1v) is 8.44. The molecule has 0 saturated heterocycles. The molecule has 5 nitrogen and oxygen atoms in total. The lowest BCUT2D eigenvalue weighted by atomic mass is 10.1. The van der Waals surface area contributed by atoms with E-state index in [9.17, 15) is 18.4 Å². The highest BCUT2D eigenvalue weighted by atomic mass is 35.5. The van der Waals surface area contributed by atoms with E-state index in [1.165, 1.54) is 0 Å². The van der Waals surface area contributed by atoms with Crippen molar-refractivity contribution in [3.8, 4) is 5.75 Å². The van der Waals surface area contributed by atoms with Crippen LogP contribution in [-0.2, 0) is 9.53 Å². The first kappa shape index (κ1) is 20.6. The minimum Gasteiger partial charge on any atom is -0.491 e. The third kappa shape index (κ3) is 5.92. The Labute approximate surface area is 160 Å². The number of carbonyl (C=O) groups is 2. The van der Waals surface area contributed by atoms with Gasteiger partial charge in [-0.2, -0.15) is 0 Å². The molecule has 0 atom stereocenters. The number of ether oxygens (including phenoxy) is 2. The maximum atomic E-state index is 13.2. The van der Waals surface area contributed by atoms with E-state index in [0.717, 1.165) is 11.1 Å². The second-order valence-electron chi connectivity index (χ2n) is 5.79. The van der Waals surface area contributed by atoms with Gasteiger partial charge in [0.15, 0.2) is 18.2 Å². The SMILES string of the molecule is Cc1ccc(OCCNC(=O)COC(=O)c2cc(F)c(F)cc2Cl)c(C)c1. The number of nitrogens with one attached hydrogen (secondary N) is 1. The second-order valence-corrected chi connectivity index (χ2v) is 6.20. The monoisotopic (exact) mass is 397 g/mol. The van der Waals surface area contributed by atoms with Crippen molar-refractivity contribution < 1.29 is 27.8 Å². The quantitative estimate of drug-likeness (QED) is 0.440. The zero-order valence-corrected chi connectivity index (χ0v) is 15.5. The van der Waals surface area contributed by atoms with E-state index in [2.05, 4.69) is 5.32 Å². The lowest BCUT2D eigenvalue weighted by molar-refractivity contribution is -0.124. The third-order valence-corrected chi connectivity index (χ3v) is 3.89. The summed E-state index contributed by atoms with van der Waals surface area (Å²) in [6.45, 7) is 3.75. The van der Waals surface area contributed by atoms with Crippen LogP contribution in [0.1, 0.15) is 21.5 Å². The maximum Gasteiger partial charge on any atom is 0.340 e. The second kappa shape index (κ2) is 9.32. The molecule has 1 amide bonds. The molecule has 0 aliphatic heterocycles. The van der Waals surface area contributed by atoms with Crippen LogP contribution >= 0.6 is 11.6 Å². The number of esters is 1. The van der Waals surface area contributed by atoms with Crippen molar-refractivity contribution in [3.05, 3.63) is 63.7 Å². The van der Waals surface area contributed by atoms with Gasteiger partial charge in [-0.15, -0.1) is 0 Å². The molecule has 27 heavy (non-hydrogen) atoms. The van der Waals surface area contributed by atoms with E-state index >= 15 is 0 Å². The summed E-state index contributed by atoms with van der Waals surface area (Å²) >= 11 is 5.67. The van der Waals surface area contributed by atoms with Crippen molar-refractivity contribution >= 4 is 23.5 Å². The van der Waals surface area contributed by atoms with E-state index in [0.29, 0.717) is 17.9 Å². The third-order valence-electron chi connectivity index (χ3n) is 3.58. The number of halogens is 3. The highest BCUT2D eigenvalue weighted by molar-refractivity contribution is 6.33. The number of aryl methyl sites for hydroxylation is 2. The summed E-state index contributed by atoms with van der Waals surface area (Å²) in [4.78, 5) is 23.5. The first-order valence-electron chi connectivity index (χ1n) is 8.06. The molecule has 0 bridgehead atoms. The van der Waals surface area contributed by atoms with Crippen LogP contribution in [0.5, 0.6) is 5.75 Å². The summed E-state index contributed by atoms with van der Waals surface area (Å²) < 4.78 is 36.5. The molecule has 2 rings (SSSR count). The fourth-order valence-corrected chi connectivity index (χ4v) is 2.48. The molecule has 1 N–H and O–H groups in total. The Balaban J connectivity index is 1.74. The van der Waals surface area contributed by atoms with E-state index < -0.39 is 30.1 Å². The summed E-state index contributed by atoms with van der Waals surface area (Å²) in [5.74, 6) is -3.29. The number of rotatable bonds is 7. The van der Waals surface area contributed by atoms with Crippen LogP contribution in [0.2, 0.25) is 5.02 Å². The number of hydrogen-bond acceptors (Lipinski definition) is 4. The predicted molar refractivity (Wildman–Crippen MR) is 96.1 cm³/mol. The highest BCUT2D eigenvalue weighted by Gasteiger charge is 2.17. The number of carbonyl (C=O) groups excluding carboxylic acids is 2. The molecular weight excluding hydrogens is 380 g/mol. The highest BCUT2D eigenvalue weighted by Crippen LogP contribution is 2.21. The average Bonchev–Trinajstić information content (AvgIpc) is 2.61. The van der Waals surface area contributed by atoms with Crippen molar-refractivity contribution in [2.45, 2.75) is 13.8 Å². The lowest BCUT2D eigenvalue weighted by Gasteiger charge is -2.11. The summed E-state index contributed by atoms with van der Waals surface area (Å²) in [6, 6.07) is 7.04. The molecule has 2 aromatic carbocycles. The Morgan fingerprint density at radius 1 is 1.11 bits per heavy atom. The molecule has 0 aromatic heterocycles. The van der Waals surface area contributed by atoms with Crippen LogP contribution in [0, 0.1) is 25.5 Å². The topological polar surface area (TPSA) is 64.6 Å². The zero-order chi connectivity index (χ0) is 20.0. The van der Waals surface area contributed by atoms with Crippen LogP contribution in [0.25, 0.3) is 0 Å². The van der Waals surface area contributed by atoms with Crippen molar-refractivity contribution in [2.75, 3.05) is 19.8 Å². The van der Waals surface area contributed by atoms with Gasteiger partial charge < -0.3 is 14.8 Å². The fraction of sp³-hybridized carbons (Fsp3) is 0.263. The van der Waals surface area contributed by atoms with E-state index in [-0.39, 0.29) is 23.7 Å². The normalized spacial score (nSPS) is 10.4. The van der Waals surface area contributed by atoms with Gasteiger partial charge in [0.2, 0.25) is 0 Å². The molecule has 0 radical (unpaired) electrons. The van der Waals surface area contributed by atoms with Crippen molar-refractivity contribution in [3.63, 3.8) is 0 Å². The van der Waals surface area contributed by atoms with Gasteiger partial charge in [-0.3, -0.25) is 4.79 Å². The van der Waals surface area contributed by atoms with Gasteiger partial charge >= 0.3 is 5.97 Å². The van der Waals surface area contributed by atoms with Gasteiger partial charge in [0.05, 0.1) is 17.1 Å². The van der Waals surface area contributed by atoms with Gasteiger partial charge in [-0.05, 0) is 37.6 Å². The van der Waals surface area contributed by atoms with Crippen LogP contribution < -0.4 is 10.1 Å². The number of amides is 1. The summed E-state index contributed by atoms with van der Waals surface area (Å²) in [6.07, 6.45) is 0. The predicted octanol–water partition coefficient (Wildman–Crippen LogP) is 3.59.